The normalized spacial score (nSPS) is 19.4. The number of hydrogen-bond acceptors (Lipinski definition) is 2. The fraction of sp³-hybridized carbons (Fsp3) is 0.600. The second-order valence-electron chi connectivity index (χ2n) is 3.53. The summed E-state index contributed by atoms with van der Waals surface area (Å²) < 4.78 is 36.7. The molecule has 91 valence electrons. The molecule has 1 aliphatic rings. The zero-order valence-electron chi connectivity index (χ0n) is 8.81. The van der Waals surface area contributed by atoms with Gasteiger partial charge in [0, 0.05) is 6.04 Å². The number of allylic oxidation sites excluding steroid dienone is 3. The summed E-state index contributed by atoms with van der Waals surface area (Å²) in [6, 6.07) is -2.71. The van der Waals surface area contributed by atoms with Gasteiger partial charge < -0.3 is 11.1 Å². The van der Waals surface area contributed by atoms with Crippen LogP contribution in [-0.2, 0) is 17.1 Å². The predicted octanol–water partition coefficient (Wildman–Crippen LogP) is 1.89. The summed E-state index contributed by atoms with van der Waals surface area (Å²) in [6.07, 6.45) is 3.81. The molecular formula is C10H14F3MnN2+. The van der Waals surface area contributed by atoms with Crippen molar-refractivity contribution in [1.82, 2.24) is 5.32 Å². The van der Waals surface area contributed by atoms with E-state index in [9.17, 15) is 13.2 Å². The molecule has 2 unspecified atom stereocenters. The van der Waals surface area contributed by atoms with Crippen molar-refractivity contribution >= 4 is 0 Å². The Balaban J connectivity index is 0.00000225. The summed E-state index contributed by atoms with van der Waals surface area (Å²) in [4.78, 5) is 0. The molecular weight excluding hydrogens is 260 g/mol. The molecule has 0 amide bonds. The van der Waals surface area contributed by atoms with E-state index in [4.69, 9.17) is 5.73 Å². The second kappa shape index (κ2) is 6.33. The van der Waals surface area contributed by atoms with Crippen LogP contribution in [0.3, 0.4) is 0 Å². The number of nitrogens with one attached hydrogen (secondary N) is 1. The first-order chi connectivity index (χ1) is 6.91. The van der Waals surface area contributed by atoms with Crippen molar-refractivity contribution < 1.29 is 30.2 Å². The molecule has 0 aromatic heterocycles. The number of rotatable bonds is 3. The number of nitrogens with two attached hydrogens (primary N) is 1. The molecule has 2 atom stereocenters. The summed E-state index contributed by atoms with van der Waals surface area (Å²) in [5.74, 6) is 0. The van der Waals surface area contributed by atoms with Crippen molar-refractivity contribution in [2.24, 2.45) is 5.73 Å². The average Bonchev–Trinajstić information content (AvgIpc) is 2.16. The third-order valence-electron chi connectivity index (χ3n) is 2.21. The van der Waals surface area contributed by atoms with Crippen molar-refractivity contribution in [2.45, 2.75) is 38.0 Å². The van der Waals surface area contributed by atoms with Crippen LogP contribution in [0.5, 0.6) is 0 Å². The molecule has 0 spiro atoms. The molecule has 1 radical (unpaired) electrons. The van der Waals surface area contributed by atoms with E-state index in [-0.39, 0.29) is 17.1 Å². The van der Waals surface area contributed by atoms with Gasteiger partial charge in [-0.25, -0.2) is 0 Å². The van der Waals surface area contributed by atoms with Gasteiger partial charge >= 0.3 is 23.2 Å². The average molecular weight is 274 g/mol. The van der Waals surface area contributed by atoms with E-state index < -0.39 is 18.3 Å². The molecule has 6 heteroatoms. The van der Waals surface area contributed by atoms with Gasteiger partial charge in [-0.3, -0.25) is 6.08 Å². The SMILES string of the molecule is CC(NC1=[C-]CCC=C1)C(N)C(F)(F)F.[Mn+2]. The van der Waals surface area contributed by atoms with Crippen LogP contribution in [0, 0.1) is 6.08 Å². The first kappa shape index (κ1) is 15.5. The van der Waals surface area contributed by atoms with Crippen LogP contribution in [0.2, 0.25) is 0 Å². The summed E-state index contributed by atoms with van der Waals surface area (Å²) in [5.41, 5.74) is 5.65. The monoisotopic (exact) mass is 274 g/mol. The zero-order valence-corrected chi connectivity index (χ0v) is 9.99. The van der Waals surface area contributed by atoms with Crippen LogP contribution in [0.25, 0.3) is 0 Å². The molecule has 16 heavy (non-hydrogen) atoms. The van der Waals surface area contributed by atoms with Crippen LogP contribution >= 0.6 is 0 Å². The maximum Gasteiger partial charge on any atom is 2.00 e. The van der Waals surface area contributed by atoms with Crippen molar-refractivity contribution in [1.29, 1.82) is 0 Å². The predicted molar refractivity (Wildman–Crippen MR) is 51.8 cm³/mol. The Morgan fingerprint density at radius 1 is 1.50 bits per heavy atom. The second-order valence-corrected chi connectivity index (χ2v) is 3.53. The van der Waals surface area contributed by atoms with Crippen molar-refractivity contribution in [2.75, 3.05) is 0 Å². The molecule has 1 rings (SSSR count). The fourth-order valence-corrected chi connectivity index (χ4v) is 1.27. The van der Waals surface area contributed by atoms with Crippen LogP contribution in [0.15, 0.2) is 17.8 Å². The molecule has 1 aliphatic carbocycles. The Hall–Kier alpha value is -0.451. The van der Waals surface area contributed by atoms with Crippen LogP contribution < -0.4 is 11.1 Å². The van der Waals surface area contributed by atoms with Crippen LogP contribution in [0.1, 0.15) is 19.8 Å². The number of alkyl halides is 3. The molecule has 2 nitrogen and oxygen atoms in total. The molecule has 0 aromatic carbocycles. The number of halogens is 3. The third-order valence-corrected chi connectivity index (χ3v) is 2.21. The Labute approximate surface area is 104 Å². The smallest absolute Gasteiger partial charge is 0.414 e. The molecule has 0 heterocycles. The molecule has 0 saturated carbocycles. The quantitative estimate of drug-likeness (QED) is 0.609. The molecule has 3 N–H and O–H groups in total. The molecule has 0 fully saturated rings. The first-order valence-corrected chi connectivity index (χ1v) is 4.77. The Kier molecular flexibility index (Phi) is 6.15. The summed E-state index contributed by atoms with van der Waals surface area (Å²) >= 11 is 0. The van der Waals surface area contributed by atoms with E-state index in [0.29, 0.717) is 5.70 Å². The first-order valence-electron chi connectivity index (χ1n) is 4.77. The minimum atomic E-state index is -4.37. The van der Waals surface area contributed by atoms with Gasteiger partial charge in [0.25, 0.3) is 0 Å². The molecule has 0 bridgehead atoms. The Bertz CT molecular complexity index is 274. The largest absolute Gasteiger partial charge is 2.00 e. The van der Waals surface area contributed by atoms with Gasteiger partial charge in [-0.1, -0.05) is 6.42 Å². The van der Waals surface area contributed by atoms with E-state index in [2.05, 4.69) is 11.4 Å². The van der Waals surface area contributed by atoms with E-state index >= 15 is 0 Å². The van der Waals surface area contributed by atoms with Gasteiger partial charge in [0.05, 0.1) is 0 Å². The summed E-state index contributed by atoms with van der Waals surface area (Å²) in [6.45, 7) is 1.41. The third kappa shape index (κ3) is 4.60. The molecule has 0 saturated heterocycles. The van der Waals surface area contributed by atoms with E-state index in [1.807, 2.05) is 6.08 Å². The fourth-order valence-electron chi connectivity index (χ4n) is 1.27. The maximum atomic E-state index is 12.2. The van der Waals surface area contributed by atoms with E-state index in [1.54, 1.807) is 6.08 Å². The standard InChI is InChI=1S/C10H14F3N2.Mn/c1-7(9(14)10(11,12)13)15-8-5-3-2-4-6-8;/h3,5,7,9,15H,2,4,14H2,1H3;/q-1;+2. The number of hydrogen-bond donors (Lipinski definition) is 2. The Morgan fingerprint density at radius 3 is 2.56 bits per heavy atom. The Morgan fingerprint density at radius 2 is 2.12 bits per heavy atom. The summed E-state index contributed by atoms with van der Waals surface area (Å²) in [7, 11) is 0. The van der Waals surface area contributed by atoms with Gasteiger partial charge in [-0.15, -0.1) is 12.1 Å². The van der Waals surface area contributed by atoms with Crippen molar-refractivity contribution in [3.05, 3.63) is 23.9 Å². The van der Waals surface area contributed by atoms with E-state index in [1.165, 1.54) is 6.92 Å². The van der Waals surface area contributed by atoms with Gasteiger partial charge in [-0.2, -0.15) is 25.3 Å². The molecule has 0 aliphatic heterocycles. The van der Waals surface area contributed by atoms with Crippen molar-refractivity contribution in [3.63, 3.8) is 0 Å². The minimum absolute atomic E-state index is 0. The van der Waals surface area contributed by atoms with Gasteiger partial charge in [0.1, 0.15) is 6.04 Å². The summed E-state index contributed by atoms with van der Waals surface area (Å²) in [5, 5.41) is 2.70. The topological polar surface area (TPSA) is 38.0 Å². The van der Waals surface area contributed by atoms with Crippen molar-refractivity contribution in [3.8, 4) is 0 Å². The van der Waals surface area contributed by atoms with Crippen LogP contribution in [0.4, 0.5) is 13.2 Å². The maximum absolute atomic E-state index is 12.2. The van der Waals surface area contributed by atoms with Gasteiger partial charge in [0.15, 0.2) is 0 Å². The molecule has 0 aromatic rings. The van der Waals surface area contributed by atoms with Crippen LogP contribution in [-0.4, -0.2) is 18.3 Å². The van der Waals surface area contributed by atoms with Gasteiger partial charge in [0.2, 0.25) is 0 Å². The minimum Gasteiger partial charge on any atom is -0.414 e. The van der Waals surface area contributed by atoms with E-state index in [0.717, 1.165) is 12.8 Å². The van der Waals surface area contributed by atoms with Gasteiger partial charge in [-0.05, 0) is 6.92 Å². The zero-order chi connectivity index (χ0) is 11.5.